The third-order valence-electron chi connectivity index (χ3n) is 3.13. The van der Waals surface area contributed by atoms with Gasteiger partial charge >= 0.3 is 5.97 Å². The van der Waals surface area contributed by atoms with Crippen molar-refractivity contribution in [3.63, 3.8) is 0 Å². The number of hydrogen-bond donors (Lipinski definition) is 2. The Balaban J connectivity index is 0.00000220. The van der Waals surface area contributed by atoms with Crippen molar-refractivity contribution in [2.24, 2.45) is 5.73 Å². The van der Waals surface area contributed by atoms with E-state index in [9.17, 15) is 4.79 Å². The number of nitrogens with two attached hydrogens (primary N) is 1. The molecule has 0 heterocycles. The van der Waals surface area contributed by atoms with Gasteiger partial charge in [-0.05, 0) is 35.2 Å². The van der Waals surface area contributed by atoms with Gasteiger partial charge in [0.2, 0.25) is 0 Å². The molecule has 2 aromatic rings. The largest absolute Gasteiger partial charge is 0.497 e. The lowest BCUT2D eigenvalue weighted by atomic mass is 10.0. The van der Waals surface area contributed by atoms with Crippen LogP contribution in [0.3, 0.4) is 0 Å². The van der Waals surface area contributed by atoms with Crippen molar-refractivity contribution >= 4 is 18.4 Å². The second kappa shape index (κ2) is 7.67. The van der Waals surface area contributed by atoms with Crippen LogP contribution in [0.25, 0.3) is 11.1 Å². The molecule has 112 valence electrons. The van der Waals surface area contributed by atoms with Crippen molar-refractivity contribution in [2.75, 3.05) is 7.11 Å². The van der Waals surface area contributed by atoms with Crippen LogP contribution in [0, 0.1) is 0 Å². The molecule has 2 rings (SSSR count). The first-order valence-electron chi connectivity index (χ1n) is 6.32. The zero-order chi connectivity index (χ0) is 14.5. The highest BCUT2D eigenvalue weighted by Gasteiger charge is 2.11. The summed E-state index contributed by atoms with van der Waals surface area (Å²) in [6.07, 6.45) is 0.327. The monoisotopic (exact) mass is 307 g/mol. The van der Waals surface area contributed by atoms with Gasteiger partial charge in [-0.2, -0.15) is 0 Å². The summed E-state index contributed by atoms with van der Waals surface area (Å²) >= 11 is 0. The molecule has 0 aliphatic heterocycles. The van der Waals surface area contributed by atoms with Crippen LogP contribution in [-0.4, -0.2) is 24.2 Å². The van der Waals surface area contributed by atoms with Gasteiger partial charge in [-0.15, -0.1) is 12.4 Å². The molecule has 0 saturated carbocycles. The van der Waals surface area contributed by atoms with Crippen LogP contribution in [0.1, 0.15) is 5.56 Å². The highest BCUT2D eigenvalue weighted by molar-refractivity contribution is 5.85. The number of rotatable bonds is 5. The lowest BCUT2D eigenvalue weighted by molar-refractivity contribution is -0.138. The van der Waals surface area contributed by atoms with Crippen LogP contribution >= 0.6 is 12.4 Å². The van der Waals surface area contributed by atoms with E-state index in [2.05, 4.69) is 0 Å². The Morgan fingerprint density at radius 1 is 1.19 bits per heavy atom. The summed E-state index contributed by atoms with van der Waals surface area (Å²) < 4.78 is 5.20. The molecule has 0 fully saturated rings. The number of aliphatic carboxylic acids is 1. The molecule has 0 aromatic heterocycles. The van der Waals surface area contributed by atoms with Crippen molar-refractivity contribution in [1.29, 1.82) is 0 Å². The molecule has 1 unspecified atom stereocenters. The van der Waals surface area contributed by atoms with E-state index >= 15 is 0 Å². The van der Waals surface area contributed by atoms with Crippen LogP contribution in [0.2, 0.25) is 0 Å². The molecule has 5 heteroatoms. The summed E-state index contributed by atoms with van der Waals surface area (Å²) in [6.45, 7) is 0. The molecule has 0 spiro atoms. The molecule has 3 N–H and O–H groups in total. The molecule has 0 aliphatic rings. The first-order chi connectivity index (χ1) is 9.60. The van der Waals surface area contributed by atoms with Gasteiger partial charge in [0, 0.05) is 0 Å². The average Bonchev–Trinajstić information content (AvgIpc) is 2.48. The van der Waals surface area contributed by atoms with Crippen LogP contribution in [0.5, 0.6) is 5.75 Å². The van der Waals surface area contributed by atoms with E-state index in [1.54, 1.807) is 7.11 Å². The van der Waals surface area contributed by atoms with Gasteiger partial charge in [0.05, 0.1) is 7.11 Å². The van der Waals surface area contributed by atoms with Crippen LogP contribution in [-0.2, 0) is 11.2 Å². The van der Waals surface area contributed by atoms with Gasteiger partial charge in [-0.25, -0.2) is 0 Å². The van der Waals surface area contributed by atoms with Gasteiger partial charge in [0.1, 0.15) is 11.8 Å². The lowest BCUT2D eigenvalue weighted by Gasteiger charge is -2.08. The molecule has 0 aliphatic carbocycles. The summed E-state index contributed by atoms with van der Waals surface area (Å²) in [5.41, 5.74) is 8.53. The number of benzene rings is 2. The van der Waals surface area contributed by atoms with E-state index in [1.807, 2.05) is 48.5 Å². The molecule has 21 heavy (non-hydrogen) atoms. The van der Waals surface area contributed by atoms with Crippen molar-refractivity contribution in [3.8, 4) is 16.9 Å². The second-order valence-electron chi connectivity index (χ2n) is 4.58. The Hall–Kier alpha value is -2.04. The first kappa shape index (κ1) is 17.0. The van der Waals surface area contributed by atoms with E-state index in [0.29, 0.717) is 6.42 Å². The van der Waals surface area contributed by atoms with Gasteiger partial charge in [-0.3, -0.25) is 4.79 Å². The third kappa shape index (κ3) is 4.48. The smallest absolute Gasteiger partial charge is 0.320 e. The molecule has 0 saturated heterocycles. The summed E-state index contributed by atoms with van der Waals surface area (Å²) in [7, 11) is 1.63. The molecular formula is C16H18ClNO3. The van der Waals surface area contributed by atoms with E-state index in [-0.39, 0.29) is 12.4 Å². The van der Waals surface area contributed by atoms with E-state index < -0.39 is 12.0 Å². The Bertz CT molecular complexity index is 599. The standard InChI is InChI=1S/C16H17NO3.ClH/c1-20-14-4-2-3-13(10-14)12-7-5-11(6-8-12)9-15(17)16(18)19;/h2-8,10,15H,9,17H2,1H3,(H,18,19);1H. The number of carboxylic acid groups (broad SMARTS) is 1. The highest BCUT2D eigenvalue weighted by Crippen LogP contribution is 2.24. The fraction of sp³-hybridized carbons (Fsp3) is 0.188. The lowest BCUT2D eigenvalue weighted by Crippen LogP contribution is -2.32. The van der Waals surface area contributed by atoms with E-state index in [1.165, 1.54) is 0 Å². The summed E-state index contributed by atoms with van der Waals surface area (Å²) in [6, 6.07) is 14.6. The average molecular weight is 308 g/mol. The first-order valence-corrected chi connectivity index (χ1v) is 6.32. The Kier molecular flexibility index (Phi) is 6.21. The molecule has 0 amide bonds. The van der Waals surface area contributed by atoms with E-state index in [0.717, 1.165) is 22.4 Å². The number of carbonyl (C=O) groups is 1. The SMILES string of the molecule is COc1cccc(-c2ccc(CC(N)C(=O)O)cc2)c1.Cl. The maximum Gasteiger partial charge on any atom is 0.320 e. The minimum atomic E-state index is -0.984. The topological polar surface area (TPSA) is 72.5 Å². The van der Waals surface area contributed by atoms with Crippen molar-refractivity contribution in [2.45, 2.75) is 12.5 Å². The van der Waals surface area contributed by atoms with Gasteiger partial charge in [0.15, 0.2) is 0 Å². The molecule has 2 aromatic carbocycles. The summed E-state index contributed by atoms with van der Waals surface area (Å²) in [5, 5.41) is 8.79. The Labute approximate surface area is 130 Å². The number of hydrogen-bond acceptors (Lipinski definition) is 3. The van der Waals surface area contributed by atoms with Crippen molar-refractivity contribution in [1.82, 2.24) is 0 Å². The number of carboxylic acids is 1. The van der Waals surface area contributed by atoms with Crippen LogP contribution in [0.4, 0.5) is 0 Å². The predicted octanol–water partition coefficient (Wildman–Crippen LogP) is 2.74. The maximum atomic E-state index is 10.7. The minimum Gasteiger partial charge on any atom is -0.497 e. The fourth-order valence-corrected chi connectivity index (χ4v) is 1.98. The van der Waals surface area contributed by atoms with Crippen LogP contribution in [0.15, 0.2) is 48.5 Å². The zero-order valence-electron chi connectivity index (χ0n) is 11.7. The van der Waals surface area contributed by atoms with Gasteiger partial charge in [-0.1, -0.05) is 36.4 Å². The van der Waals surface area contributed by atoms with E-state index in [4.69, 9.17) is 15.6 Å². The number of methoxy groups -OCH3 is 1. The Morgan fingerprint density at radius 2 is 1.86 bits per heavy atom. The normalized spacial score (nSPS) is 11.3. The molecular weight excluding hydrogens is 290 g/mol. The summed E-state index contributed by atoms with van der Waals surface area (Å²) in [4.78, 5) is 10.7. The van der Waals surface area contributed by atoms with Gasteiger partial charge < -0.3 is 15.6 Å². The van der Waals surface area contributed by atoms with Crippen LogP contribution < -0.4 is 10.5 Å². The highest BCUT2D eigenvalue weighted by atomic mass is 35.5. The number of ether oxygens (including phenoxy) is 1. The van der Waals surface area contributed by atoms with Gasteiger partial charge in [0.25, 0.3) is 0 Å². The maximum absolute atomic E-state index is 10.7. The third-order valence-corrected chi connectivity index (χ3v) is 3.13. The minimum absolute atomic E-state index is 0. The van der Waals surface area contributed by atoms with Crippen molar-refractivity contribution in [3.05, 3.63) is 54.1 Å². The Morgan fingerprint density at radius 3 is 2.43 bits per heavy atom. The quantitative estimate of drug-likeness (QED) is 0.891. The fourth-order valence-electron chi connectivity index (χ4n) is 1.98. The van der Waals surface area contributed by atoms with Crippen molar-refractivity contribution < 1.29 is 14.6 Å². The molecule has 4 nitrogen and oxygen atoms in total. The number of halogens is 1. The summed E-state index contributed by atoms with van der Waals surface area (Å²) in [5.74, 6) is -0.179. The predicted molar refractivity (Wildman–Crippen MR) is 85.0 cm³/mol. The zero-order valence-corrected chi connectivity index (χ0v) is 12.5. The molecule has 0 radical (unpaired) electrons. The molecule has 1 atom stereocenters. The molecule has 0 bridgehead atoms. The second-order valence-corrected chi connectivity index (χ2v) is 4.58.